The number of aromatic nitrogens is 2. The Hall–Kier alpha value is -5.08. The normalized spacial score (nSPS) is 11.2. The Morgan fingerprint density at radius 1 is 0.375 bits per heavy atom. The van der Waals surface area contributed by atoms with E-state index in [0.717, 1.165) is 22.3 Å². The molecule has 0 saturated carbocycles. The number of rotatable bonds is 4. The van der Waals surface area contributed by atoms with Crippen LogP contribution in [0.2, 0.25) is 0 Å². The van der Waals surface area contributed by atoms with Crippen molar-refractivity contribution in [1.82, 2.24) is 9.97 Å². The van der Waals surface area contributed by atoms with Crippen LogP contribution < -0.4 is 0 Å². The summed E-state index contributed by atoms with van der Waals surface area (Å²) in [5.41, 5.74) is 11.8. The average molecular weight is 513 g/mol. The van der Waals surface area contributed by atoms with E-state index in [9.17, 15) is 0 Å². The molecule has 0 radical (unpaired) electrons. The van der Waals surface area contributed by atoms with E-state index >= 15 is 0 Å². The van der Waals surface area contributed by atoms with Crippen LogP contribution >= 0.6 is 0 Å². The van der Waals surface area contributed by atoms with Crippen molar-refractivity contribution in [2.75, 3.05) is 0 Å². The number of pyridine rings is 2. The summed E-state index contributed by atoms with van der Waals surface area (Å²) >= 11 is 0. The van der Waals surface area contributed by atoms with Crippen LogP contribution in [0.5, 0.6) is 0 Å². The van der Waals surface area contributed by atoms with Crippen LogP contribution in [0, 0.1) is 13.8 Å². The van der Waals surface area contributed by atoms with E-state index in [1.807, 2.05) is 24.8 Å². The zero-order chi connectivity index (χ0) is 27.1. The molecule has 0 spiro atoms. The van der Waals surface area contributed by atoms with E-state index in [-0.39, 0.29) is 0 Å². The minimum absolute atomic E-state index is 1.12. The Morgan fingerprint density at radius 2 is 0.700 bits per heavy atom. The molecule has 190 valence electrons. The SMILES string of the molecule is Cc1ccccc1-c1cncc(-c2c3ccccc3c(-c3cncc(-c4ccccc4C)c3)c3ccccc23)c1. The molecule has 2 heterocycles. The van der Waals surface area contributed by atoms with E-state index in [0.29, 0.717) is 0 Å². The minimum atomic E-state index is 1.12. The molecule has 0 bridgehead atoms. The highest BCUT2D eigenvalue weighted by molar-refractivity contribution is 6.21. The molecular weight excluding hydrogens is 484 g/mol. The van der Waals surface area contributed by atoms with Crippen molar-refractivity contribution in [3.63, 3.8) is 0 Å². The van der Waals surface area contributed by atoms with Gasteiger partial charge in [0.25, 0.3) is 0 Å². The van der Waals surface area contributed by atoms with Gasteiger partial charge in [0.1, 0.15) is 0 Å². The maximum atomic E-state index is 4.72. The van der Waals surface area contributed by atoms with Gasteiger partial charge in [-0.25, -0.2) is 0 Å². The van der Waals surface area contributed by atoms with E-state index in [1.54, 1.807) is 0 Å². The first-order valence-electron chi connectivity index (χ1n) is 13.7. The molecule has 0 saturated heterocycles. The lowest BCUT2D eigenvalue weighted by molar-refractivity contribution is 1.32. The van der Waals surface area contributed by atoms with Crippen molar-refractivity contribution >= 4 is 21.5 Å². The standard InChI is InChI=1S/C38H28N2/c1-25-11-3-5-13-31(25)27-19-29(23-39-21-27)37-33-15-7-9-17-35(33)38(36-18-10-8-16-34(36)37)30-20-28(22-40-24-30)32-14-6-4-12-26(32)2/h3-24H,1-2H3. The molecule has 0 atom stereocenters. The molecule has 5 aromatic carbocycles. The summed E-state index contributed by atoms with van der Waals surface area (Å²) in [7, 11) is 0. The number of benzene rings is 5. The first kappa shape index (κ1) is 24.0. The third-order valence-electron chi connectivity index (χ3n) is 7.90. The van der Waals surface area contributed by atoms with Gasteiger partial charge in [0.15, 0.2) is 0 Å². The second-order valence-corrected chi connectivity index (χ2v) is 10.4. The van der Waals surface area contributed by atoms with Gasteiger partial charge in [0, 0.05) is 47.0 Å². The van der Waals surface area contributed by atoms with Crippen molar-refractivity contribution in [2.24, 2.45) is 0 Å². The third-order valence-corrected chi connectivity index (χ3v) is 7.90. The van der Waals surface area contributed by atoms with Crippen molar-refractivity contribution in [3.05, 3.63) is 145 Å². The lowest BCUT2D eigenvalue weighted by Crippen LogP contribution is -1.93. The van der Waals surface area contributed by atoms with Gasteiger partial charge < -0.3 is 0 Å². The topological polar surface area (TPSA) is 25.8 Å². The largest absolute Gasteiger partial charge is 0.263 e. The molecule has 0 aliphatic rings. The van der Waals surface area contributed by atoms with Gasteiger partial charge in [-0.05, 0) is 80.9 Å². The summed E-state index contributed by atoms with van der Waals surface area (Å²) in [5, 5.41) is 4.84. The summed E-state index contributed by atoms with van der Waals surface area (Å²) in [6.07, 6.45) is 7.92. The van der Waals surface area contributed by atoms with Gasteiger partial charge in [-0.1, -0.05) is 97.1 Å². The molecule has 2 aromatic heterocycles. The molecule has 0 aliphatic heterocycles. The molecule has 0 N–H and O–H groups in total. The van der Waals surface area contributed by atoms with E-state index in [4.69, 9.17) is 9.97 Å². The molecular formula is C38H28N2. The predicted molar refractivity (Wildman–Crippen MR) is 168 cm³/mol. The highest BCUT2D eigenvalue weighted by Gasteiger charge is 2.18. The number of nitrogens with zero attached hydrogens (tertiary/aromatic N) is 2. The second-order valence-electron chi connectivity index (χ2n) is 10.4. The Kier molecular flexibility index (Phi) is 5.94. The predicted octanol–water partition coefficient (Wildman–Crippen LogP) is 10.1. The lowest BCUT2D eigenvalue weighted by atomic mass is 9.85. The maximum absolute atomic E-state index is 4.72. The molecule has 40 heavy (non-hydrogen) atoms. The summed E-state index contributed by atoms with van der Waals surface area (Å²) in [5.74, 6) is 0. The minimum Gasteiger partial charge on any atom is -0.263 e. The quantitative estimate of drug-likeness (QED) is 0.219. The lowest BCUT2D eigenvalue weighted by Gasteiger charge is -2.18. The molecule has 7 aromatic rings. The number of fused-ring (bicyclic) bond motifs is 2. The van der Waals surface area contributed by atoms with Crippen molar-refractivity contribution in [1.29, 1.82) is 0 Å². The van der Waals surface area contributed by atoms with Crippen molar-refractivity contribution < 1.29 is 0 Å². The molecule has 0 amide bonds. The van der Waals surface area contributed by atoms with Crippen LogP contribution in [0.15, 0.2) is 134 Å². The first-order chi connectivity index (χ1) is 19.7. The van der Waals surface area contributed by atoms with Crippen LogP contribution in [0.3, 0.4) is 0 Å². The fourth-order valence-corrected chi connectivity index (χ4v) is 5.99. The van der Waals surface area contributed by atoms with Crippen LogP contribution in [-0.2, 0) is 0 Å². The van der Waals surface area contributed by atoms with Gasteiger partial charge in [-0.2, -0.15) is 0 Å². The molecule has 0 fully saturated rings. The Balaban J connectivity index is 1.51. The zero-order valence-electron chi connectivity index (χ0n) is 22.6. The van der Waals surface area contributed by atoms with E-state index in [2.05, 4.69) is 123 Å². The Bertz CT molecular complexity index is 1830. The smallest absolute Gasteiger partial charge is 0.0347 e. The van der Waals surface area contributed by atoms with Gasteiger partial charge in [0.2, 0.25) is 0 Å². The summed E-state index contributed by atoms with van der Waals surface area (Å²) in [4.78, 5) is 9.43. The monoisotopic (exact) mass is 512 g/mol. The summed E-state index contributed by atoms with van der Waals surface area (Å²) in [6.45, 7) is 4.31. The number of aryl methyl sites for hydroxylation is 2. The van der Waals surface area contributed by atoms with Gasteiger partial charge in [-0.3, -0.25) is 9.97 Å². The molecule has 0 unspecified atom stereocenters. The van der Waals surface area contributed by atoms with Crippen LogP contribution in [0.1, 0.15) is 11.1 Å². The Labute approximate surface area is 234 Å². The fraction of sp³-hybridized carbons (Fsp3) is 0.0526. The van der Waals surface area contributed by atoms with Crippen LogP contribution in [-0.4, -0.2) is 9.97 Å². The van der Waals surface area contributed by atoms with E-state index in [1.165, 1.54) is 54.9 Å². The van der Waals surface area contributed by atoms with Crippen LogP contribution in [0.4, 0.5) is 0 Å². The summed E-state index contributed by atoms with van der Waals surface area (Å²) < 4.78 is 0. The van der Waals surface area contributed by atoms with Gasteiger partial charge in [-0.15, -0.1) is 0 Å². The molecule has 2 heteroatoms. The maximum Gasteiger partial charge on any atom is 0.0347 e. The zero-order valence-corrected chi connectivity index (χ0v) is 22.6. The van der Waals surface area contributed by atoms with Gasteiger partial charge in [0.05, 0.1) is 0 Å². The molecule has 7 rings (SSSR count). The molecule has 2 nitrogen and oxygen atoms in total. The van der Waals surface area contributed by atoms with Crippen molar-refractivity contribution in [3.8, 4) is 44.5 Å². The average Bonchev–Trinajstić information content (AvgIpc) is 3.00. The highest BCUT2D eigenvalue weighted by atomic mass is 14.6. The first-order valence-corrected chi connectivity index (χ1v) is 13.7. The van der Waals surface area contributed by atoms with Gasteiger partial charge >= 0.3 is 0 Å². The summed E-state index contributed by atoms with van der Waals surface area (Å²) in [6, 6.07) is 39.0. The molecule has 0 aliphatic carbocycles. The number of hydrogen-bond acceptors (Lipinski definition) is 2. The fourth-order valence-electron chi connectivity index (χ4n) is 5.99. The van der Waals surface area contributed by atoms with Crippen molar-refractivity contribution in [2.45, 2.75) is 13.8 Å². The third kappa shape index (κ3) is 4.06. The van der Waals surface area contributed by atoms with E-state index < -0.39 is 0 Å². The second kappa shape index (κ2) is 9.91. The highest BCUT2D eigenvalue weighted by Crippen LogP contribution is 2.44. The van der Waals surface area contributed by atoms with Crippen LogP contribution in [0.25, 0.3) is 66.1 Å². The Morgan fingerprint density at radius 3 is 1.07 bits per heavy atom. The number of hydrogen-bond donors (Lipinski definition) is 0.